The van der Waals surface area contributed by atoms with E-state index < -0.39 is 12.6 Å². The molecular formula is C14H25F3N2. The van der Waals surface area contributed by atoms with Gasteiger partial charge in [0.2, 0.25) is 0 Å². The predicted molar refractivity (Wildman–Crippen MR) is 70.1 cm³/mol. The lowest BCUT2D eigenvalue weighted by Gasteiger charge is -2.34. The molecule has 19 heavy (non-hydrogen) atoms. The van der Waals surface area contributed by atoms with Crippen LogP contribution in [0.3, 0.4) is 0 Å². The number of rotatable bonds is 5. The lowest BCUT2D eigenvalue weighted by Crippen LogP contribution is -2.51. The molecule has 1 saturated heterocycles. The van der Waals surface area contributed by atoms with Gasteiger partial charge in [0, 0.05) is 18.5 Å². The molecule has 2 nitrogen and oxygen atoms in total. The van der Waals surface area contributed by atoms with E-state index >= 15 is 0 Å². The van der Waals surface area contributed by atoms with Gasteiger partial charge in [0.25, 0.3) is 0 Å². The van der Waals surface area contributed by atoms with E-state index in [0.29, 0.717) is 6.42 Å². The van der Waals surface area contributed by atoms with Gasteiger partial charge in [0.1, 0.15) is 0 Å². The van der Waals surface area contributed by atoms with Crippen LogP contribution in [-0.4, -0.2) is 42.8 Å². The van der Waals surface area contributed by atoms with Crippen molar-refractivity contribution in [1.29, 1.82) is 0 Å². The fourth-order valence-electron chi connectivity index (χ4n) is 3.12. The van der Waals surface area contributed by atoms with Gasteiger partial charge in [0.05, 0.1) is 0 Å². The smallest absolute Gasteiger partial charge is 0.310 e. The van der Waals surface area contributed by atoms with Crippen molar-refractivity contribution in [3.63, 3.8) is 0 Å². The molecular weight excluding hydrogens is 253 g/mol. The molecule has 1 aliphatic heterocycles. The highest BCUT2D eigenvalue weighted by Crippen LogP contribution is 2.40. The quantitative estimate of drug-likeness (QED) is 0.777. The van der Waals surface area contributed by atoms with Crippen LogP contribution in [0.5, 0.6) is 0 Å². The Morgan fingerprint density at radius 1 is 1.26 bits per heavy atom. The average Bonchev–Trinajstić information content (AvgIpc) is 3.10. The van der Waals surface area contributed by atoms with E-state index in [1.807, 2.05) is 0 Å². The van der Waals surface area contributed by atoms with Gasteiger partial charge in [-0.1, -0.05) is 0 Å². The summed E-state index contributed by atoms with van der Waals surface area (Å²) < 4.78 is 36.3. The van der Waals surface area contributed by atoms with Crippen molar-refractivity contribution in [3.8, 4) is 0 Å². The molecule has 1 aliphatic carbocycles. The molecule has 5 heteroatoms. The van der Waals surface area contributed by atoms with Crippen molar-refractivity contribution in [2.75, 3.05) is 26.2 Å². The number of halogens is 3. The zero-order valence-electron chi connectivity index (χ0n) is 11.7. The number of hydrogen-bond acceptors (Lipinski definition) is 2. The first kappa shape index (κ1) is 15.1. The summed E-state index contributed by atoms with van der Waals surface area (Å²) in [6.45, 7) is 6.12. The fourth-order valence-corrected chi connectivity index (χ4v) is 3.12. The molecule has 1 atom stereocenters. The molecule has 0 radical (unpaired) electrons. The lowest BCUT2D eigenvalue weighted by atomic mass is 9.95. The molecule has 1 unspecified atom stereocenters. The minimum absolute atomic E-state index is 0.181. The maximum atomic E-state index is 12.1. The van der Waals surface area contributed by atoms with Crippen LogP contribution in [0.4, 0.5) is 13.2 Å². The molecule has 112 valence electrons. The topological polar surface area (TPSA) is 15.3 Å². The first-order chi connectivity index (χ1) is 8.89. The number of unbranched alkanes of at least 4 members (excludes halogenated alkanes) is 1. The third-order valence-corrected chi connectivity index (χ3v) is 4.40. The molecule has 0 bridgehead atoms. The Morgan fingerprint density at radius 2 is 2.00 bits per heavy atom. The van der Waals surface area contributed by atoms with Crippen molar-refractivity contribution < 1.29 is 13.2 Å². The lowest BCUT2D eigenvalue weighted by molar-refractivity contribution is -0.135. The Kier molecular flexibility index (Phi) is 4.77. The summed E-state index contributed by atoms with van der Waals surface area (Å²) >= 11 is 0. The standard InChI is InChI=1S/C14H25F3N2/c1-13(12-5-6-12)11-19(10-4-8-18-13)9-3-2-7-14(15,16)17/h12,18H,2-11H2,1H3. The highest BCUT2D eigenvalue weighted by molar-refractivity contribution is 5.00. The Hall–Kier alpha value is -0.290. The van der Waals surface area contributed by atoms with Crippen molar-refractivity contribution >= 4 is 0 Å². The van der Waals surface area contributed by atoms with Crippen molar-refractivity contribution in [3.05, 3.63) is 0 Å². The van der Waals surface area contributed by atoms with Gasteiger partial charge < -0.3 is 10.2 Å². The van der Waals surface area contributed by atoms with Gasteiger partial charge in [-0.3, -0.25) is 0 Å². The van der Waals surface area contributed by atoms with Crippen LogP contribution in [0.25, 0.3) is 0 Å². The van der Waals surface area contributed by atoms with Gasteiger partial charge >= 0.3 is 6.18 Å². The first-order valence-electron chi connectivity index (χ1n) is 7.43. The van der Waals surface area contributed by atoms with Gasteiger partial charge in [-0.2, -0.15) is 13.2 Å². The van der Waals surface area contributed by atoms with Gasteiger partial charge in [-0.15, -0.1) is 0 Å². The summed E-state index contributed by atoms with van der Waals surface area (Å²) in [5.74, 6) is 0.767. The molecule has 0 aromatic carbocycles. The zero-order chi connectivity index (χ0) is 13.9. The summed E-state index contributed by atoms with van der Waals surface area (Å²) in [6, 6.07) is 0. The molecule has 2 aliphatic rings. The largest absolute Gasteiger partial charge is 0.389 e. The second-order valence-corrected chi connectivity index (χ2v) is 6.32. The van der Waals surface area contributed by atoms with Crippen LogP contribution in [0.2, 0.25) is 0 Å². The summed E-state index contributed by atoms with van der Waals surface area (Å²) in [5.41, 5.74) is 0.181. The Bertz CT molecular complexity index is 289. The summed E-state index contributed by atoms with van der Waals surface area (Å²) in [6.07, 6.45) is -0.0336. The molecule has 0 aromatic rings. The molecule has 1 saturated carbocycles. The van der Waals surface area contributed by atoms with E-state index in [9.17, 15) is 13.2 Å². The zero-order valence-corrected chi connectivity index (χ0v) is 11.7. The molecule has 0 amide bonds. The molecule has 0 spiro atoms. The first-order valence-corrected chi connectivity index (χ1v) is 7.43. The molecule has 2 fully saturated rings. The van der Waals surface area contributed by atoms with E-state index in [0.717, 1.165) is 38.5 Å². The second-order valence-electron chi connectivity index (χ2n) is 6.32. The highest BCUT2D eigenvalue weighted by atomic mass is 19.4. The van der Waals surface area contributed by atoms with Crippen molar-refractivity contribution in [2.24, 2.45) is 5.92 Å². The van der Waals surface area contributed by atoms with E-state index in [2.05, 4.69) is 17.1 Å². The summed E-state index contributed by atoms with van der Waals surface area (Å²) in [4.78, 5) is 2.36. The Balaban J connectivity index is 1.73. The number of nitrogens with one attached hydrogen (secondary N) is 1. The minimum Gasteiger partial charge on any atom is -0.310 e. The average molecular weight is 278 g/mol. The Labute approximate surface area is 113 Å². The van der Waals surface area contributed by atoms with Gasteiger partial charge in [-0.05, 0) is 64.6 Å². The van der Waals surface area contributed by atoms with Gasteiger partial charge in [0.15, 0.2) is 0 Å². The molecule has 2 rings (SSSR count). The third-order valence-electron chi connectivity index (χ3n) is 4.40. The maximum absolute atomic E-state index is 12.1. The number of alkyl halides is 3. The van der Waals surface area contributed by atoms with Crippen LogP contribution in [0.15, 0.2) is 0 Å². The highest BCUT2D eigenvalue weighted by Gasteiger charge is 2.42. The molecule has 0 aromatic heterocycles. The molecule has 1 N–H and O–H groups in total. The predicted octanol–water partition coefficient (Wildman–Crippen LogP) is 3.18. The summed E-state index contributed by atoms with van der Waals surface area (Å²) in [7, 11) is 0. The minimum atomic E-state index is -4.00. The normalized spacial score (nSPS) is 30.3. The van der Waals surface area contributed by atoms with Crippen LogP contribution in [0.1, 0.15) is 45.4 Å². The van der Waals surface area contributed by atoms with Crippen molar-refractivity contribution in [2.45, 2.75) is 57.2 Å². The number of nitrogens with zero attached hydrogens (tertiary/aromatic N) is 1. The van der Waals surface area contributed by atoms with E-state index in [-0.39, 0.29) is 12.0 Å². The SMILES string of the molecule is CC1(C2CC2)CN(CCCCC(F)(F)F)CCCN1. The van der Waals surface area contributed by atoms with Crippen LogP contribution in [-0.2, 0) is 0 Å². The van der Waals surface area contributed by atoms with Crippen molar-refractivity contribution in [1.82, 2.24) is 10.2 Å². The maximum Gasteiger partial charge on any atom is 0.389 e. The third kappa shape index (κ3) is 4.95. The number of hydrogen-bond donors (Lipinski definition) is 1. The van der Waals surface area contributed by atoms with Crippen LogP contribution < -0.4 is 5.32 Å². The van der Waals surface area contributed by atoms with E-state index in [1.165, 1.54) is 12.8 Å². The molecule has 1 heterocycles. The van der Waals surface area contributed by atoms with Gasteiger partial charge in [-0.25, -0.2) is 0 Å². The Morgan fingerprint density at radius 3 is 2.63 bits per heavy atom. The summed E-state index contributed by atoms with van der Waals surface area (Å²) in [5, 5.41) is 3.64. The van der Waals surface area contributed by atoms with E-state index in [4.69, 9.17) is 0 Å². The second kappa shape index (κ2) is 6.00. The fraction of sp³-hybridized carbons (Fsp3) is 1.00. The van der Waals surface area contributed by atoms with Crippen LogP contribution >= 0.6 is 0 Å². The van der Waals surface area contributed by atoms with E-state index in [1.54, 1.807) is 0 Å². The monoisotopic (exact) mass is 278 g/mol. The van der Waals surface area contributed by atoms with Crippen LogP contribution in [0, 0.1) is 5.92 Å².